The summed E-state index contributed by atoms with van der Waals surface area (Å²) in [7, 11) is 1.51. The fraction of sp³-hybridized carbons (Fsp3) is 0.292. The quantitative estimate of drug-likeness (QED) is 0.411. The second-order valence-electron chi connectivity index (χ2n) is 8.32. The molecule has 0 bridgehead atoms. The SMILES string of the molecule is COc1ccc(-n2nc(C)c3c2C(=O)N(c2ccc(/C(=N/S(C)(=O)=O)N(C)C)cc2)CC3)cc1. The Kier molecular flexibility index (Phi) is 6.18. The van der Waals surface area contributed by atoms with Crippen molar-refractivity contribution in [2.24, 2.45) is 4.40 Å². The van der Waals surface area contributed by atoms with E-state index in [1.165, 1.54) is 0 Å². The lowest BCUT2D eigenvalue weighted by Crippen LogP contribution is -2.38. The van der Waals surface area contributed by atoms with Crippen molar-refractivity contribution in [1.82, 2.24) is 14.7 Å². The van der Waals surface area contributed by atoms with Crippen molar-refractivity contribution in [3.05, 3.63) is 71.0 Å². The number of methoxy groups -OCH3 is 1. The van der Waals surface area contributed by atoms with Crippen molar-refractivity contribution in [2.75, 3.05) is 38.9 Å². The Hall–Kier alpha value is -3.66. The van der Waals surface area contributed by atoms with Gasteiger partial charge in [-0.3, -0.25) is 4.79 Å². The molecule has 0 saturated carbocycles. The van der Waals surface area contributed by atoms with E-state index >= 15 is 0 Å². The molecule has 1 amide bonds. The van der Waals surface area contributed by atoms with Gasteiger partial charge in [-0.05, 0) is 61.9 Å². The summed E-state index contributed by atoms with van der Waals surface area (Å²) in [5, 5.41) is 4.64. The van der Waals surface area contributed by atoms with E-state index in [4.69, 9.17) is 4.74 Å². The van der Waals surface area contributed by atoms with Crippen molar-refractivity contribution in [3.63, 3.8) is 0 Å². The van der Waals surface area contributed by atoms with E-state index in [0.29, 0.717) is 30.1 Å². The van der Waals surface area contributed by atoms with Gasteiger partial charge in [0.2, 0.25) is 0 Å². The lowest BCUT2D eigenvalue weighted by atomic mass is 10.0. The molecule has 2 heterocycles. The number of anilines is 1. The van der Waals surface area contributed by atoms with Crippen molar-refractivity contribution in [2.45, 2.75) is 13.3 Å². The molecule has 4 rings (SSSR count). The summed E-state index contributed by atoms with van der Waals surface area (Å²) < 4.78 is 34.2. The zero-order valence-electron chi connectivity index (χ0n) is 19.8. The molecule has 3 aromatic rings. The highest BCUT2D eigenvalue weighted by Gasteiger charge is 2.32. The van der Waals surface area contributed by atoms with Crippen LogP contribution in [0.15, 0.2) is 52.9 Å². The van der Waals surface area contributed by atoms with Crippen LogP contribution in [0.3, 0.4) is 0 Å². The Bertz CT molecular complexity index is 1360. The molecule has 1 aromatic heterocycles. The molecule has 0 radical (unpaired) electrons. The molecule has 34 heavy (non-hydrogen) atoms. The number of rotatable bonds is 5. The van der Waals surface area contributed by atoms with Gasteiger partial charge in [0.25, 0.3) is 15.9 Å². The standard InChI is InChI=1S/C24H27N5O4S/c1-16-21-14-15-28(18-8-6-17(7-9-18)23(27(2)3)26-34(5,31)32)24(30)22(21)29(25-16)19-10-12-20(33-4)13-11-19/h6-13H,14-15H2,1-5H3/b26-23-. The predicted octanol–water partition coefficient (Wildman–Crippen LogP) is 2.66. The average Bonchev–Trinajstić information content (AvgIpc) is 3.14. The van der Waals surface area contributed by atoms with Gasteiger partial charge in [-0.15, -0.1) is 4.40 Å². The Morgan fingerprint density at radius 1 is 1.06 bits per heavy atom. The van der Waals surface area contributed by atoms with Crippen LogP contribution in [0.2, 0.25) is 0 Å². The molecule has 0 atom stereocenters. The van der Waals surface area contributed by atoms with Crippen molar-refractivity contribution in [3.8, 4) is 11.4 Å². The number of sulfonamides is 1. The topological polar surface area (TPSA) is 97.1 Å². The summed E-state index contributed by atoms with van der Waals surface area (Å²) in [5.74, 6) is 0.920. The number of nitrogens with zero attached hydrogens (tertiary/aromatic N) is 5. The molecule has 1 aliphatic heterocycles. The van der Waals surface area contributed by atoms with E-state index in [-0.39, 0.29) is 5.91 Å². The van der Waals surface area contributed by atoms with Crippen LogP contribution in [0.1, 0.15) is 27.3 Å². The number of amidine groups is 1. The summed E-state index contributed by atoms with van der Waals surface area (Å²) >= 11 is 0. The molecule has 2 aromatic carbocycles. The number of hydrogen-bond donors (Lipinski definition) is 0. The van der Waals surface area contributed by atoms with Gasteiger partial charge in [0, 0.05) is 37.5 Å². The largest absolute Gasteiger partial charge is 0.497 e. The highest BCUT2D eigenvalue weighted by atomic mass is 32.2. The highest BCUT2D eigenvalue weighted by Crippen LogP contribution is 2.29. The van der Waals surface area contributed by atoms with Crippen molar-refractivity contribution >= 4 is 27.5 Å². The van der Waals surface area contributed by atoms with Crippen LogP contribution < -0.4 is 9.64 Å². The molecule has 0 aliphatic carbocycles. The molecule has 0 unspecified atom stereocenters. The maximum Gasteiger partial charge on any atom is 0.277 e. The summed E-state index contributed by atoms with van der Waals surface area (Å²) in [4.78, 5) is 17.0. The molecule has 10 heteroatoms. The first-order valence-corrected chi connectivity index (χ1v) is 12.6. The van der Waals surface area contributed by atoms with Crippen molar-refractivity contribution < 1.29 is 17.9 Å². The maximum atomic E-state index is 13.6. The molecular formula is C24H27N5O4S. The van der Waals surface area contributed by atoms with Crippen molar-refractivity contribution in [1.29, 1.82) is 0 Å². The number of carbonyl (C=O) groups is 1. The van der Waals surface area contributed by atoms with Crippen LogP contribution in [0.4, 0.5) is 5.69 Å². The van der Waals surface area contributed by atoms with Gasteiger partial charge in [-0.1, -0.05) is 0 Å². The first kappa shape index (κ1) is 23.5. The fourth-order valence-electron chi connectivity index (χ4n) is 4.03. The molecule has 0 fully saturated rings. The minimum absolute atomic E-state index is 0.136. The number of hydrogen-bond acceptors (Lipinski definition) is 5. The van der Waals surface area contributed by atoms with Crippen LogP contribution in [0.25, 0.3) is 5.69 Å². The first-order valence-electron chi connectivity index (χ1n) is 10.7. The van der Waals surface area contributed by atoms with Gasteiger partial charge < -0.3 is 14.5 Å². The lowest BCUT2D eigenvalue weighted by molar-refractivity contribution is 0.0973. The highest BCUT2D eigenvalue weighted by molar-refractivity contribution is 7.89. The second kappa shape index (κ2) is 8.94. The zero-order chi connectivity index (χ0) is 24.6. The number of benzene rings is 2. The predicted molar refractivity (Wildman–Crippen MR) is 132 cm³/mol. The minimum atomic E-state index is -3.56. The summed E-state index contributed by atoms with van der Waals surface area (Å²) in [6.07, 6.45) is 1.74. The molecular weight excluding hydrogens is 454 g/mol. The Morgan fingerprint density at radius 2 is 1.68 bits per heavy atom. The van der Waals surface area contributed by atoms with E-state index in [0.717, 1.165) is 34.6 Å². The average molecular weight is 482 g/mol. The minimum Gasteiger partial charge on any atom is -0.497 e. The number of aryl methyl sites for hydroxylation is 1. The molecule has 1 aliphatic rings. The Labute approximate surface area is 199 Å². The summed E-state index contributed by atoms with van der Waals surface area (Å²) in [5.41, 5.74) is 4.47. The Balaban J connectivity index is 1.68. The van der Waals surface area contributed by atoms with Gasteiger partial charge in [0.05, 0.1) is 24.7 Å². The maximum absolute atomic E-state index is 13.6. The second-order valence-corrected chi connectivity index (χ2v) is 9.97. The molecule has 178 valence electrons. The number of amides is 1. The van der Waals surface area contributed by atoms with Gasteiger partial charge in [0.15, 0.2) is 0 Å². The summed E-state index contributed by atoms with van der Waals surface area (Å²) in [6, 6.07) is 14.6. The van der Waals surface area contributed by atoms with Crippen LogP contribution >= 0.6 is 0 Å². The molecule has 0 N–H and O–H groups in total. The van der Waals surface area contributed by atoms with E-state index < -0.39 is 10.0 Å². The molecule has 0 saturated heterocycles. The molecule has 9 nitrogen and oxygen atoms in total. The van der Waals surface area contributed by atoms with Crippen LogP contribution in [-0.4, -0.2) is 68.8 Å². The third-order valence-corrected chi connectivity index (χ3v) is 6.15. The summed E-state index contributed by atoms with van der Waals surface area (Å²) in [6.45, 7) is 2.44. The van der Waals surface area contributed by atoms with Gasteiger partial charge >= 0.3 is 0 Å². The van der Waals surface area contributed by atoms with Crippen LogP contribution in [0, 0.1) is 6.92 Å². The number of carbonyl (C=O) groups excluding carboxylic acids is 1. The van der Waals surface area contributed by atoms with Gasteiger partial charge in [-0.25, -0.2) is 13.1 Å². The number of ether oxygens (including phenoxy) is 1. The van der Waals surface area contributed by atoms with E-state index in [1.807, 2.05) is 31.2 Å². The van der Waals surface area contributed by atoms with E-state index in [2.05, 4.69) is 9.50 Å². The molecule has 0 spiro atoms. The number of fused-ring (bicyclic) bond motifs is 1. The Morgan fingerprint density at radius 3 is 2.24 bits per heavy atom. The first-order chi connectivity index (χ1) is 16.1. The van der Waals surface area contributed by atoms with Gasteiger partial charge in [-0.2, -0.15) is 5.10 Å². The van der Waals surface area contributed by atoms with E-state index in [9.17, 15) is 13.2 Å². The third-order valence-electron chi connectivity index (χ3n) is 5.65. The van der Waals surface area contributed by atoms with Crippen LogP contribution in [-0.2, 0) is 16.4 Å². The van der Waals surface area contributed by atoms with Crippen LogP contribution in [0.5, 0.6) is 5.75 Å². The smallest absolute Gasteiger partial charge is 0.277 e. The zero-order valence-corrected chi connectivity index (χ0v) is 20.6. The van der Waals surface area contributed by atoms with E-state index in [1.54, 1.807) is 60.0 Å². The van der Waals surface area contributed by atoms with Gasteiger partial charge in [0.1, 0.15) is 17.3 Å². The third kappa shape index (κ3) is 4.54. The fourth-order valence-corrected chi connectivity index (χ4v) is 4.61. The number of aromatic nitrogens is 2. The monoisotopic (exact) mass is 481 g/mol. The normalized spacial score (nSPS) is 14.2. The lowest BCUT2D eigenvalue weighted by Gasteiger charge is -2.28.